The molecule has 2 unspecified atom stereocenters. The first kappa shape index (κ1) is 11.2. The fourth-order valence-corrected chi connectivity index (χ4v) is 2.75. The van der Waals surface area contributed by atoms with Crippen LogP contribution in [0.2, 0.25) is 0 Å². The molecule has 1 fully saturated rings. The van der Waals surface area contributed by atoms with Gasteiger partial charge in [-0.3, -0.25) is 0 Å². The first-order chi connectivity index (χ1) is 8.36. The summed E-state index contributed by atoms with van der Waals surface area (Å²) in [6.07, 6.45) is 4.15. The number of aliphatic hydroxyl groups excluding tert-OH is 1. The topological polar surface area (TPSA) is 60.2 Å². The summed E-state index contributed by atoms with van der Waals surface area (Å²) in [5, 5.41) is 13.9. The molecule has 3 heterocycles. The van der Waals surface area contributed by atoms with E-state index in [1.54, 1.807) is 0 Å². The molecule has 1 aromatic heterocycles. The Balaban J connectivity index is 1.75. The van der Waals surface area contributed by atoms with Gasteiger partial charge in [0.05, 0.1) is 6.61 Å². The lowest BCUT2D eigenvalue weighted by Gasteiger charge is -2.19. The Hall–Kier alpha value is -0.940. The number of aromatic nitrogens is 3. The Morgan fingerprint density at radius 3 is 3.12 bits per heavy atom. The van der Waals surface area contributed by atoms with Crippen LogP contribution in [0, 0.1) is 5.92 Å². The van der Waals surface area contributed by atoms with Crippen LogP contribution in [0.15, 0.2) is 0 Å². The molecule has 0 bridgehead atoms. The second-order valence-electron chi connectivity index (χ2n) is 5.06. The van der Waals surface area contributed by atoms with E-state index in [1.807, 2.05) is 4.68 Å². The van der Waals surface area contributed by atoms with Crippen molar-refractivity contribution < 1.29 is 9.84 Å². The predicted octanol–water partition coefficient (Wildman–Crippen LogP) is 0.727. The smallest absolute Gasteiger partial charge is 0.151 e. The third-order valence-electron chi connectivity index (χ3n) is 3.75. The monoisotopic (exact) mass is 237 g/mol. The molecular weight excluding hydrogens is 218 g/mol. The van der Waals surface area contributed by atoms with Gasteiger partial charge in [0.1, 0.15) is 5.82 Å². The van der Waals surface area contributed by atoms with Crippen LogP contribution in [0.4, 0.5) is 0 Å². The van der Waals surface area contributed by atoms with E-state index in [2.05, 4.69) is 10.1 Å². The second-order valence-corrected chi connectivity index (χ2v) is 5.06. The molecule has 2 atom stereocenters. The van der Waals surface area contributed by atoms with Crippen molar-refractivity contribution in [3.05, 3.63) is 11.6 Å². The van der Waals surface area contributed by atoms with Gasteiger partial charge < -0.3 is 9.84 Å². The van der Waals surface area contributed by atoms with Crippen LogP contribution in [0.5, 0.6) is 0 Å². The molecule has 1 N–H and O–H groups in total. The highest BCUT2D eigenvalue weighted by Gasteiger charge is 2.25. The van der Waals surface area contributed by atoms with Gasteiger partial charge in [-0.15, -0.1) is 0 Å². The molecule has 3 rings (SSSR count). The molecule has 5 heteroatoms. The lowest BCUT2D eigenvalue weighted by molar-refractivity contribution is 0.185. The van der Waals surface area contributed by atoms with Gasteiger partial charge in [0, 0.05) is 32.1 Å². The van der Waals surface area contributed by atoms with E-state index in [0.29, 0.717) is 5.92 Å². The van der Waals surface area contributed by atoms with Gasteiger partial charge in [0.15, 0.2) is 5.82 Å². The average Bonchev–Trinajstić information content (AvgIpc) is 2.97. The van der Waals surface area contributed by atoms with Crippen molar-refractivity contribution in [3.8, 4) is 0 Å². The quantitative estimate of drug-likeness (QED) is 0.841. The molecule has 17 heavy (non-hydrogen) atoms. The van der Waals surface area contributed by atoms with Gasteiger partial charge in [-0.2, -0.15) is 5.10 Å². The first-order valence-corrected chi connectivity index (χ1v) is 6.49. The number of fused-ring (bicyclic) bond motifs is 1. The SMILES string of the molecule is OCC1CCCn2nc(CC3CCOC3)nc21. The zero-order valence-corrected chi connectivity index (χ0v) is 10.0. The number of aliphatic hydroxyl groups is 1. The molecule has 1 aromatic rings. The highest BCUT2D eigenvalue weighted by atomic mass is 16.5. The molecule has 0 aromatic carbocycles. The normalized spacial score (nSPS) is 28.3. The van der Waals surface area contributed by atoms with Crippen molar-refractivity contribution in [2.75, 3.05) is 19.8 Å². The van der Waals surface area contributed by atoms with E-state index in [0.717, 1.165) is 57.1 Å². The van der Waals surface area contributed by atoms with Gasteiger partial charge in [-0.1, -0.05) is 0 Å². The van der Waals surface area contributed by atoms with Crippen LogP contribution >= 0.6 is 0 Å². The minimum absolute atomic E-state index is 0.185. The lowest BCUT2D eigenvalue weighted by Crippen LogP contribution is -2.19. The van der Waals surface area contributed by atoms with E-state index in [-0.39, 0.29) is 12.5 Å². The lowest BCUT2D eigenvalue weighted by atomic mass is 10.0. The first-order valence-electron chi connectivity index (χ1n) is 6.49. The number of rotatable bonds is 3. The van der Waals surface area contributed by atoms with Gasteiger partial charge >= 0.3 is 0 Å². The Kier molecular flexibility index (Phi) is 3.11. The van der Waals surface area contributed by atoms with Gasteiger partial charge in [0.2, 0.25) is 0 Å². The highest BCUT2D eigenvalue weighted by molar-refractivity contribution is 5.03. The summed E-state index contributed by atoms with van der Waals surface area (Å²) in [6.45, 7) is 2.84. The van der Waals surface area contributed by atoms with Crippen LogP contribution in [-0.4, -0.2) is 39.7 Å². The van der Waals surface area contributed by atoms with Gasteiger partial charge in [0.25, 0.3) is 0 Å². The summed E-state index contributed by atoms with van der Waals surface area (Å²) < 4.78 is 7.35. The Labute approximate surface area is 101 Å². The van der Waals surface area contributed by atoms with E-state index in [4.69, 9.17) is 4.74 Å². The third-order valence-corrected chi connectivity index (χ3v) is 3.75. The summed E-state index contributed by atoms with van der Waals surface area (Å²) in [5.41, 5.74) is 0. The van der Waals surface area contributed by atoms with Crippen molar-refractivity contribution in [1.29, 1.82) is 0 Å². The summed E-state index contributed by atoms with van der Waals surface area (Å²) in [4.78, 5) is 4.60. The summed E-state index contributed by atoms with van der Waals surface area (Å²) >= 11 is 0. The van der Waals surface area contributed by atoms with Crippen LogP contribution in [-0.2, 0) is 17.7 Å². The molecule has 0 saturated carbocycles. The number of aryl methyl sites for hydroxylation is 1. The second kappa shape index (κ2) is 4.74. The molecule has 2 aliphatic rings. The van der Waals surface area contributed by atoms with Crippen molar-refractivity contribution in [1.82, 2.24) is 14.8 Å². The maximum Gasteiger partial charge on any atom is 0.151 e. The molecular formula is C12H19N3O2. The van der Waals surface area contributed by atoms with E-state index >= 15 is 0 Å². The van der Waals surface area contributed by atoms with Crippen LogP contribution in [0.3, 0.4) is 0 Å². The zero-order chi connectivity index (χ0) is 11.7. The predicted molar refractivity (Wildman–Crippen MR) is 61.7 cm³/mol. The average molecular weight is 237 g/mol. The third kappa shape index (κ3) is 2.21. The van der Waals surface area contributed by atoms with Crippen molar-refractivity contribution >= 4 is 0 Å². The van der Waals surface area contributed by atoms with E-state index in [1.165, 1.54) is 0 Å². The molecule has 94 valence electrons. The Morgan fingerprint density at radius 2 is 2.35 bits per heavy atom. The Bertz CT molecular complexity index is 385. The van der Waals surface area contributed by atoms with Crippen LogP contribution < -0.4 is 0 Å². The van der Waals surface area contributed by atoms with Crippen LogP contribution in [0.1, 0.15) is 36.8 Å². The van der Waals surface area contributed by atoms with Crippen LogP contribution in [0.25, 0.3) is 0 Å². The van der Waals surface area contributed by atoms with Crippen molar-refractivity contribution in [2.45, 2.75) is 38.1 Å². The minimum atomic E-state index is 0.185. The molecule has 0 aliphatic carbocycles. The Morgan fingerprint density at radius 1 is 1.41 bits per heavy atom. The summed E-state index contributed by atoms with van der Waals surface area (Å²) in [5.74, 6) is 2.67. The number of hydrogen-bond donors (Lipinski definition) is 1. The molecule has 2 aliphatic heterocycles. The van der Waals surface area contributed by atoms with Crippen molar-refractivity contribution in [3.63, 3.8) is 0 Å². The summed E-state index contributed by atoms with van der Waals surface area (Å²) in [7, 11) is 0. The molecule has 0 amide bonds. The molecule has 0 radical (unpaired) electrons. The largest absolute Gasteiger partial charge is 0.396 e. The number of ether oxygens (including phenoxy) is 1. The van der Waals surface area contributed by atoms with Gasteiger partial charge in [-0.25, -0.2) is 9.67 Å². The van der Waals surface area contributed by atoms with E-state index in [9.17, 15) is 5.11 Å². The standard InChI is InChI=1S/C12H19N3O2/c16-7-10-2-1-4-15-12(10)13-11(14-15)6-9-3-5-17-8-9/h9-10,16H,1-8H2. The fraction of sp³-hybridized carbons (Fsp3) is 0.833. The zero-order valence-electron chi connectivity index (χ0n) is 10.0. The van der Waals surface area contributed by atoms with Gasteiger partial charge in [-0.05, 0) is 25.2 Å². The number of hydrogen-bond acceptors (Lipinski definition) is 4. The van der Waals surface area contributed by atoms with E-state index < -0.39 is 0 Å². The number of nitrogens with zero attached hydrogens (tertiary/aromatic N) is 3. The molecule has 5 nitrogen and oxygen atoms in total. The highest BCUT2D eigenvalue weighted by Crippen LogP contribution is 2.26. The maximum absolute atomic E-state index is 9.33. The summed E-state index contributed by atoms with van der Waals surface area (Å²) in [6, 6.07) is 0. The van der Waals surface area contributed by atoms with Crippen molar-refractivity contribution in [2.24, 2.45) is 5.92 Å². The fourth-order valence-electron chi connectivity index (χ4n) is 2.75. The minimum Gasteiger partial charge on any atom is -0.396 e. The molecule has 1 saturated heterocycles. The molecule has 0 spiro atoms. The maximum atomic E-state index is 9.33.